The molecule has 1 aromatic heterocycles. The molecule has 2 heterocycles. The average molecular weight is 405 g/mol. The first kappa shape index (κ1) is 21.6. The van der Waals surface area contributed by atoms with Gasteiger partial charge in [-0.3, -0.25) is 4.98 Å². The number of benzene rings is 1. The quantitative estimate of drug-likeness (QED) is 0.373. The Morgan fingerprint density at radius 3 is 2.90 bits per heavy atom. The van der Waals surface area contributed by atoms with Crippen molar-refractivity contribution in [3.8, 4) is 28.8 Å². The van der Waals surface area contributed by atoms with Crippen molar-refractivity contribution in [2.45, 2.75) is 26.3 Å². The molecule has 1 aliphatic heterocycles. The van der Waals surface area contributed by atoms with E-state index in [-0.39, 0.29) is 5.92 Å². The highest BCUT2D eigenvalue weighted by Gasteiger charge is 2.18. The number of nitrogens with two attached hydrogens (primary N) is 1. The van der Waals surface area contributed by atoms with Crippen LogP contribution in [0.25, 0.3) is 11.3 Å². The van der Waals surface area contributed by atoms with Gasteiger partial charge in [0.2, 0.25) is 0 Å². The highest BCUT2D eigenvalue weighted by atomic mass is 16.5. The monoisotopic (exact) mass is 404 g/mol. The van der Waals surface area contributed by atoms with Crippen LogP contribution in [0.15, 0.2) is 48.5 Å². The maximum absolute atomic E-state index is 8.43. The number of ether oxygens (including phenoxy) is 2. The lowest BCUT2D eigenvalue weighted by atomic mass is 9.96. The maximum Gasteiger partial charge on any atom is 0.195 e. The fourth-order valence-electron chi connectivity index (χ4n) is 3.26. The van der Waals surface area contributed by atoms with Gasteiger partial charge in [0.05, 0.1) is 12.3 Å². The number of allylic oxidation sites excluding steroid dienone is 1. The Morgan fingerprint density at radius 1 is 1.40 bits per heavy atom. The molecule has 1 fully saturated rings. The summed E-state index contributed by atoms with van der Waals surface area (Å²) in [6, 6.07) is 9.68. The molecule has 1 atom stereocenters. The molecule has 0 spiro atoms. The van der Waals surface area contributed by atoms with Gasteiger partial charge in [-0.1, -0.05) is 12.0 Å². The zero-order valence-electron chi connectivity index (χ0n) is 17.5. The summed E-state index contributed by atoms with van der Waals surface area (Å²) in [7, 11) is 1.78. The van der Waals surface area contributed by atoms with E-state index in [9.17, 15) is 0 Å². The molecule has 30 heavy (non-hydrogen) atoms. The predicted octanol–water partition coefficient (Wildman–Crippen LogP) is 3.46. The Kier molecular flexibility index (Phi) is 7.61. The van der Waals surface area contributed by atoms with E-state index in [0.29, 0.717) is 30.5 Å². The Balaban J connectivity index is 1.92. The summed E-state index contributed by atoms with van der Waals surface area (Å²) in [5.41, 5.74) is 9.62. The highest BCUT2D eigenvalue weighted by Crippen LogP contribution is 2.31. The molecule has 1 unspecified atom stereocenters. The molecule has 1 saturated heterocycles. The molecule has 0 aliphatic carbocycles. The van der Waals surface area contributed by atoms with Crippen molar-refractivity contribution < 1.29 is 9.47 Å². The molecule has 1 aromatic carbocycles. The van der Waals surface area contributed by atoms with E-state index in [0.717, 1.165) is 41.8 Å². The number of hydrogen-bond donors (Lipinski definition) is 3. The van der Waals surface area contributed by atoms with Crippen molar-refractivity contribution >= 4 is 5.71 Å². The van der Waals surface area contributed by atoms with Gasteiger partial charge in [0.1, 0.15) is 5.75 Å². The van der Waals surface area contributed by atoms with Crippen molar-refractivity contribution in [1.82, 2.24) is 10.3 Å². The molecule has 6 heteroatoms. The van der Waals surface area contributed by atoms with E-state index in [1.54, 1.807) is 26.2 Å². The third kappa shape index (κ3) is 5.47. The topological polar surface area (TPSA) is 93.3 Å². The lowest BCUT2D eigenvalue weighted by Crippen LogP contribution is -2.25. The van der Waals surface area contributed by atoms with Crippen molar-refractivity contribution in [3.05, 3.63) is 59.6 Å². The van der Waals surface area contributed by atoms with Crippen LogP contribution in [0.4, 0.5) is 0 Å². The van der Waals surface area contributed by atoms with Crippen LogP contribution in [-0.4, -0.2) is 31.0 Å². The van der Waals surface area contributed by atoms with E-state index in [4.69, 9.17) is 20.6 Å². The normalized spacial score (nSPS) is 16.4. The molecular formula is C24H28N4O2. The molecule has 0 saturated carbocycles. The summed E-state index contributed by atoms with van der Waals surface area (Å²) < 4.78 is 11.7. The van der Waals surface area contributed by atoms with Crippen LogP contribution in [-0.2, 0) is 11.3 Å². The maximum atomic E-state index is 8.43. The summed E-state index contributed by atoms with van der Waals surface area (Å²) in [5.74, 6) is 7.18. The summed E-state index contributed by atoms with van der Waals surface area (Å²) in [6.07, 6.45) is 5.43. The smallest absolute Gasteiger partial charge is 0.195 e. The summed E-state index contributed by atoms with van der Waals surface area (Å²) in [5, 5.41) is 11.5. The second-order valence-corrected chi connectivity index (χ2v) is 7.07. The molecule has 4 N–H and O–H groups in total. The number of pyridine rings is 1. The van der Waals surface area contributed by atoms with Gasteiger partial charge in [-0.05, 0) is 49.6 Å². The molecule has 3 rings (SSSR count). The second-order valence-electron chi connectivity index (χ2n) is 7.07. The zero-order chi connectivity index (χ0) is 21.3. The summed E-state index contributed by atoms with van der Waals surface area (Å²) >= 11 is 0. The number of nitrogens with one attached hydrogen (secondary N) is 2. The van der Waals surface area contributed by atoms with Crippen molar-refractivity contribution in [3.63, 3.8) is 0 Å². The van der Waals surface area contributed by atoms with Crippen LogP contribution in [0.3, 0.4) is 0 Å². The minimum Gasteiger partial charge on any atom is -0.441 e. The van der Waals surface area contributed by atoms with Crippen LogP contribution >= 0.6 is 0 Å². The lowest BCUT2D eigenvalue weighted by Gasteiger charge is -2.22. The first-order valence-corrected chi connectivity index (χ1v) is 10.1. The van der Waals surface area contributed by atoms with E-state index in [2.05, 4.69) is 22.1 Å². The Labute approximate surface area is 178 Å². The summed E-state index contributed by atoms with van der Waals surface area (Å²) in [4.78, 5) is 4.53. The Hall–Kier alpha value is -3.14. The fourth-order valence-corrected chi connectivity index (χ4v) is 3.26. The van der Waals surface area contributed by atoms with Gasteiger partial charge >= 0.3 is 0 Å². The van der Waals surface area contributed by atoms with Crippen LogP contribution in [0.1, 0.15) is 30.9 Å². The molecule has 0 bridgehead atoms. The zero-order valence-corrected chi connectivity index (χ0v) is 17.5. The largest absolute Gasteiger partial charge is 0.441 e. The Bertz CT molecular complexity index is 965. The minimum absolute atomic E-state index is 0.0907. The third-order valence-electron chi connectivity index (χ3n) is 4.94. The fraction of sp³-hybridized carbons (Fsp3) is 0.333. The van der Waals surface area contributed by atoms with E-state index in [1.165, 1.54) is 0 Å². The average Bonchev–Trinajstić information content (AvgIpc) is 2.79. The minimum atomic E-state index is 0.0907. The molecule has 0 amide bonds. The highest BCUT2D eigenvalue weighted by molar-refractivity contribution is 5.94. The predicted molar refractivity (Wildman–Crippen MR) is 119 cm³/mol. The van der Waals surface area contributed by atoms with Crippen molar-refractivity contribution in [2.75, 3.05) is 20.3 Å². The van der Waals surface area contributed by atoms with Gasteiger partial charge in [0.15, 0.2) is 5.88 Å². The third-order valence-corrected chi connectivity index (χ3v) is 4.94. The standard InChI is InChI=1S/C24H28N4O2/c1-3-5-17-7-9-20(22-10-8-18(14-25)15-28-22)23(12-17)30-24(27-2)13-21(26)19-6-4-11-29-16-19/h7-10,12-13,15,19,26-27H,4,6,11,14,16,25H2,1-2H3/b24-13+,26-21?. The van der Waals surface area contributed by atoms with Crippen molar-refractivity contribution in [1.29, 1.82) is 5.41 Å². The van der Waals surface area contributed by atoms with Gasteiger partial charge in [-0.25, -0.2) is 0 Å². The van der Waals surface area contributed by atoms with Crippen molar-refractivity contribution in [2.24, 2.45) is 11.7 Å². The number of rotatable bonds is 7. The SMILES string of the molecule is CC#Cc1ccc(-c2ccc(CN)cn2)c(O/C(=C/C(=N)C2CCCOC2)NC)c1. The lowest BCUT2D eigenvalue weighted by molar-refractivity contribution is 0.0769. The van der Waals surface area contributed by atoms with Gasteiger partial charge < -0.3 is 25.9 Å². The van der Waals surface area contributed by atoms with Crippen LogP contribution in [0.2, 0.25) is 0 Å². The molecule has 1 aliphatic rings. The Morgan fingerprint density at radius 2 is 2.27 bits per heavy atom. The van der Waals surface area contributed by atoms with Gasteiger partial charge in [0, 0.05) is 55.2 Å². The van der Waals surface area contributed by atoms with E-state index < -0.39 is 0 Å². The molecule has 6 nitrogen and oxygen atoms in total. The van der Waals surface area contributed by atoms with Crippen LogP contribution in [0.5, 0.6) is 5.75 Å². The van der Waals surface area contributed by atoms with Crippen LogP contribution in [0, 0.1) is 23.2 Å². The second kappa shape index (κ2) is 10.6. The molecular weight excluding hydrogens is 376 g/mol. The van der Waals surface area contributed by atoms with Gasteiger partial charge in [-0.15, -0.1) is 5.92 Å². The van der Waals surface area contributed by atoms with E-state index in [1.807, 2.05) is 30.3 Å². The molecule has 2 aromatic rings. The van der Waals surface area contributed by atoms with Gasteiger partial charge in [-0.2, -0.15) is 0 Å². The first-order valence-electron chi connectivity index (χ1n) is 10.1. The number of aromatic nitrogens is 1. The summed E-state index contributed by atoms with van der Waals surface area (Å²) in [6.45, 7) is 3.60. The molecule has 0 radical (unpaired) electrons. The molecule has 156 valence electrons. The first-order chi connectivity index (χ1) is 14.6. The van der Waals surface area contributed by atoms with Crippen LogP contribution < -0.4 is 15.8 Å². The number of nitrogens with zero attached hydrogens (tertiary/aromatic N) is 1. The van der Waals surface area contributed by atoms with E-state index >= 15 is 0 Å². The number of hydrogen-bond acceptors (Lipinski definition) is 6. The van der Waals surface area contributed by atoms with Gasteiger partial charge in [0.25, 0.3) is 0 Å².